The van der Waals surface area contributed by atoms with Crippen LogP contribution in [0.3, 0.4) is 0 Å². The molecule has 0 aromatic heterocycles. The maximum absolute atomic E-state index is 13.4. The van der Waals surface area contributed by atoms with E-state index in [9.17, 15) is 24.5 Å². The summed E-state index contributed by atoms with van der Waals surface area (Å²) in [5.41, 5.74) is 0.404. The number of nitro groups is 1. The highest BCUT2D eigenvalue weighted by atomic mass is 79.9. The first kappa shape index (κ1) is 20.9. The first-order valence-corrected chi connectivity index (χ1v) is 10.1. The monoisotopic (exact) mass is 498 g/mol. The number of rotatable bonds is 4. The molecule has 0 radical (unpaired) electrons. The minimum Gasteiger partial charge on any atom is -0.387 e. The van der Waals surface area contributed by atoms with Crippen molar-refractivity contribution < 1.29 is 19.3 Å². The molecule has 9 heteroatoms. The Kier molecular flexibility index (Phi) is 5.20. The van der Waals surface area contributed by atoms with Gasteiger partial charge < -0.3 is 5.32 Å². The van der Waals surface area contributed by atoms with E-state index in [1.54, 1.807) is 25.2 Å². The van der Waals surface area contributed by atoms with Gasteiger partial charge in [-0.05, 0) is 12.1 Å². The largest absolute Gasteiger partial charge is 0.387 e. The van der Waals surface area contributed by atoms with Gasteiger partial charge in [0.1, 0.15) is 0 Å². The normalized spacial score (nSPS) is 12.2. The Labute approximate surface area is 189 Å². The van der Waals surface area contributed by atoms with Crippen LogP contribution in [0.1, 0.15) is 47.8 Å². The van der Waals surface area contributed by atoms with Crippen LogP contribution in [0.5, 0.6) is 0 Å². The Morgan fingerprint density at radius 3 is 2.29 bits per heavy atom. The molecular formula is C22H12BrClN2O5. The molecule has 0 unspecified atom stereocenters. The van der Waals surface area contributed by atoms with Crippen LogP contribution in [0, 0.1) is 10.1 Å². The second-order valence-corrected chi connectivity index (χ2v) is 7.97. The van der Waals surface area contributed by atoms with E-state index in [4.69, 9.17) is 11.6 Å². The molecule has 0 bridgehead atoms. The molecule has 3 aromatic carbocycles. The molecule has 0 saturated heterocycles. The number of nitrogens with zero attached hydrogens (tertiary/aromatic N) is 1. The highest BCUT2D eigenvalue weighted by Gasteiger charge is 2.35. The summed E-state index contributed by atoms with van der Waals surface area (Å²) in [7, 11) is 1.54. The SMILES string of the molecule is CNc1cc2c(c(Cl)c1C(=O)c1cc([N+](=O)[O-])ccc1Br)C(=O)c1ccccc1C2=O. The van der Waals surface area contributed by atoms with Crippen molar-refractivity contribution in [2.24, 2.45) is 0 Å². The summed E-state index contributed by atoms with van der Waals surface area (Å²) < 4.78 is 0.326. The van der Waals surface area contributed by atoms with Crippen LogP contribution in [0.15, 0.2) is 53.0 Å². The predicted octanol–water partition coefficient (Wildman–Crippen LogP) is 5.06. The van der Waals surface area contributed by atoms with Gasteiger partial charge in [-0.15, -0.1) is 0 Å². The van der Waals surface area contributed by atoms with Gasteiger partial charge in [0.05, 0.1) is 21.1 Å². The molecule has 1 N–H and O–H groups in total. The summed E-state index contributed by atoms with van der Waals surface area (Å²) in [6, 6.07) is 11.6. The zero-order valence-electron chi connectivity index (χ0n) is 15.9. The zero-order chi connectivity index (χ0) is 22.4. The number of fused-ring (bicyclic) bond motifs is 2. The number of halogens is 2. The summed E-state index contributed by atoms with van der Waals surface area (Å²) in [4.78, 5) is 50.1. The lowest BCUT2D eigenvalue weighted by atomic mass is 9.82. The average Bonchev–Trinajstić information content (AvgIpc) is 2.76. The summed E-state index contributed by atoms with van der Waals surface area (Å²) >= 11 is 9.79. The summed E-state index contributed by atoms with van der Waals surface area (Å²) in [5.74, 6) is -1.48. The van der Waals surface area contributed by atoms with Gasteiger partial charge in [-0.2, -0.15) is 0 Å². The van der Waals surface area contributed by atoms with E-state index in [1.165, 1.54) is 24.3 Å². The van der Waals surface area contributed by atoms with Gasteiger partial charge in [0.2, 0.25) is 0 Å². The highest BCUT2D eigenvalue weighted by molar-refractivity contribution is 9.10. The fourth-order valence-corrected chi connectivity index (χ4v) is 4.37. The molecule has 31 heavy (non-hydrogen) atoms. The van der Waals surface area contributed by atoms with Crippen molar-refractivity contribution in [3.8, 4) is 0 Å². The van der Waals surface area contributed by atoms with E-state index in [2.05, 4.69) is 21.2 Å². The van der Waals surface area contributed by atoms with Crippen LogP contribution in [0.2, 0.25) is 5.02 Å². The maximum atomic E-state index is 13.4. The Bertz CT molecular complexity index is 1340. The van der Waals surface area contributed by atoms with E-state index in [1.807, 2.05) is 0 Å². The summed E-state index contributed by atoms with van der Waals surface area (Å²) in [5, 5.41) is 13.8. The van der Waals surface area contributed by atoms with Crippen molar-refractivity contribution in [2.45, 2.75) is 0 Å². The number of nitro benzene ring substituents is 1. The van der Waals surface area contributed by atoms with E-state index in [0.29, 0.717) is 4.47 Å². The Balaban J connectivity index is 1.97. The number of carbonyl (C=O) groups excluding carboxylic acids is 3. The molecule has 0 atom stereocenters. The molecule has 1 aliphatic rings. The van der Waals surface area contributed by atoms with Crippen molar-refractivity contribution in [3.05, 3.63) is 102 Å². The molecule has 7 nitrogen and oxygen atoms in total. The third kappa shape index (κ3) is 3.24. The molecule has 154 valence electrons. The number of carbonyl (C=O) groups is 3. The van der Waals surface area contributed by atoms with Crippen molar-refractivity contribution in [1.29, 1.82) is 0 Å². The van der Waals surface area contributed by atoms with Gasteiger partial charge in [0, 0.05) is 51.6 Å². The number of ketones is 3. The van der Waals surface area contributed by atoms with E-state index in [-0.39, 0.29) is 55.6 Å². The topological polar surface area (TPSA) is 106 Å². The van der Waals surface area contributed by atoms with Gasteiger partial charge in [-0.3, -0.25) is 24.5 Å². The quantitative estimate of drug-likeness (QED) is 0.239. The lowest BCUT2D eigenvalue weighted by Gasteiger charge is -2.22. The summed E-state index contributed by atoms with van der Waals surface area (Å²) in [6.45, 7) is 0. The Morgan fingerprint density at radius 2 is 1.68 bits per heavy atom. The Morgan fingerprint density at radius 1 is 1.03 bits per heavy atom. The first-order chi connectivity index (χ1) is 14.8. The van der Waals surface area contributed by atoms with Gasteiger partial charge >= 0.3 is 0 Å². The molecule has 0 heterocycles. The smallest absolute Gasteiger partial charge is 0.270 e. The lowest BCUT2D eigenvalue weighted by molar-refractivity contribution is -0.384. The van der Waals surface area contributed by atoms with Crippen LogP contribution >= 0.6 is 27.5 Å². The van der Waals surface area contributed by atoms with Crippen molar-refractivity contribution in [2.75, 3.05) is 12.4 Å². The zero-order valence-corrected chi connectivity index (χ0v) is 18.2. The predicted molar refractivity (Wildman–Crippen MR) is 119 cm³/mol. The van der Waals surface area contributed by atoms with Crippen molar-refractivity contribution >= 4 is 56.3 Å². The second kappa shape index (κ2) is 7.72. The average molecular weight is 500 g/mol. The molecule has 0 aliphatic heterocycles. The van der Waals surface area contributed by atoms with Gasteiger partial charge in [0.25, 0.3) is 5.69 Å². The molecule has 1 aliphatic carbocycles. The number of anilines is 1. The molecule has 4 rings (SSSR count). The molecule has 0 amide bonds. The molecule has 3 aromatic rings. The van der Waals surface area contributed by atoms with E-state index < -0.39 is 16.5 Å². The number of hydrogen-bond acceptors (Lipinski definition) is 6. The van der Waals surface area contributed by atoms with Crippen LogP contribution in [-0.4, -0.2) is 29.3 Å². The highest BCUT2D eigenvalue weighted by Crippen LogP contribution is 2.39. The third-order valence-corrected chi connectivity index (χ3v) is 6.13. The maximum Gasteiger partial charge on any atom is 0.270 e. The Hall–Kier alpha value is -3.36. The molecule has 0 saturated carbocycles. The number of nitrogens with one attached hydrogen (secondary N) is 1. The third-order valence-electron chi connectivity index (χ3n) is 5.06. The molecule has 0 fully saturated rings. The number of benzene rings is 3. The second-order valence-electron chi connectivity index (χ2n) is 6.74. The standard InChI is InChI=1S/C22H12BrClN2O5/c1-25-16-9-14-17(21(28)12-5-3-2-4-11(12)20(14)27)19(24)18(16)22(29)13-8-10(26(30)31)6-7-15(13)23/h2-9,25H,1H3. The fourth-order valence-electron chi connectivity index (χ4n) is 3.56. The number of non-ortho nitro benzene ring substituents is 1. The van der Waals surface area contributed by atoms with E-state index >= 15 is 0 Å². The minimum atomic E-state index is -0.633. The van der Waals surface area contributed by atoms with Gasteiger partial charge in [-0.25, -0.2) is 0 Å². The van der Waals surface area contributed by atoms with Gasteiger partial charge in [-0.1, -0.05) is 51.8 Å². The van der Waals surface area contributed by atoms with Crippen LogP contribution in [0.4, 0.5) is 11.4 Å². The fraction of sp³-hybridized carbons (Fsp3) is 0.0455. The van der Waals surface area contributed by atoms with Crippen molar-refractivity contribution in [3.63, 3.8) is 0 Å². The minimum absolute atomic E-state index is 0.00235. The van der Waals surface area contributed by atoms with Gasteiger partial charge in [0.15, 0.2) is 17.3 Å². The van der Waals surface area contributed by atoms with Crippen LogP contribution in [0.25, 0.3) is 0 Å². The van der Waals surface area contributed by atoms with Crippen molar-refractivity contribution in [1.82, 2.24) is 0 Å². The van der Waals surface area contributed by atoms with Crippen LogP contribution in [-0.2, 0) is 0 Å². The molecular weight excluding hydrogens is 488 g/mol. The first-order valence-electron chi connectivity index (χ1n) is 8.97. The van der Waals surface area contributed by atoms with Crippen LogP contribution < -0.4 is 5.32 Å². The lowest BCUT2D eigenvalue weighted by Crippen LogP contribution is -2.23. The molecule has 0 spiro atoms. The number of hydrogen-bond donors (Lipinski definition) is 1. The summed E-state index contributed by atoms with van der Waals surface area (Å²) in [6.07, 6.45) is 0. The van der Waals surface area contributed by atoms with E-state index in [0.717, 1.165) is 6.07 Å².